The highest BCUT2D eigenvalue weighted by molar-refractivity contribution is 5.37. The van der Waals surface area contributed by atoms with E-state index in [-0.39, 0.29) is 12.3 Å². The number of aromatic amines is 1. The molecule has 0 fully saturated rings. The van der Waals surface area contributed by atoms with Gasteiger partial charge >= 0.3 is 0 Å². The van der Waals surface area contributed by atoms with Crippen LogP contribution in [-0.2, 0) is 13.0 Å². The summed E-state index contributed by atoms with van der Waals surface area (Å²) in [6, 6.07) is 6.05. The number of benzene rings is 1. The molecule has 0 unspecified atom stereocenters. The Morgan fingerprint density at radius 3 is 2.95 bits per heavy atom. The number of H-pyrrole nitrogens is 1. The molecule has 20 heavy (non-hydrogen) atoms. The van der Waals surface area contributed by atoms with Gasteiger partial charge in [-0.05, 0) is 12.0 Å². The van der Waals surface area contributed by atoms with Gasteiger partial charge in [0.25, 0.3) is 5.69 Å². The lowest BCUT2D eigenvalue weighted by atomic mass is 10.1. The SMILES string of the molecule is CC(C)Cc1n[nH]c(COc2cccc([N+](=O)[O-])c2)n1. The summed E-state index contributed by atoms with van der Waals surface area (Å²) in [4.78, 5) is 14.5. The van der Waals surface area contributed by atoms with Crippen LogP contribution in [-0.4, -0.2) is 20.1 Å². The second-order valence-corrected chi connectivity index (χ2v) is 4.84. The summed E-state index contributed by atoms with van der Waals surface area (Å²) in [5.41, 5.74) is 0.000525. The molecule has 0 aliphatic heterocycles. The van der Waals surface area contributed by atoms with E-state index in [0.717, 1.165) is 12.2 Å². The third-order valence-electron chi connectivity index (χ3n) is 2.57. The van der Waals surface area contributed by atoms with Gasteiger partial charge in [-0.15, -0.1) is 0 Å². The van der Waals surface area contributed by atoms with Crippen molar-refractivity contribution >= 4 is 5.69 Å². The van der Waals surface area contributed by atoms with Crippen LogP contribution in [0.25, 0.3) is 0 Å². The Hall–Kier alpha value is -2.44. The standard InChI is InChI=1S/C13H16N4O3/c1-9(2)6-12-14-13(16-15-12)8-20-11-5-3-4-10(7-11)17(18)19/h3-5,7,9H,6,8H2,1-2H3,(H,14,15,16). The van der Waals surface area contributed by atoms with E-state index in [1.165, 1.54) is 12.1 Å². The first-order valence-corrected chi connectivity index (χ1v) is 6.32. The van der Waals surface area contributed by atoms with Crippen LogP contribution in [0.4, 0.5) is 5.69 Å². The van der Waals surface area contributed by atoms with Crippen LogP contribution >= 0.6 is 0 Å². The van der Waals surface area contributed by atoms with Crippen LogP contribution in [0.5, 0.6) is 5.75 Å². The van der Waals surface area contributed by atoms with Crippen LogP contribution in [0.1, 0.15) is 25.5 Å². The summed E-state index contributed by atoms with van der Waals surface area (Å²) in [6.45, 7) is 4.39. The van der Waals surface area contributed by atoms with Crippen LogP contribution in [0.3, 0.4) is 0 Å². The zero-order chi connectivity index (χ0) is 14.5. The highest BCUT2D eigenvalue weighted by Gasteiger charge is 2.08. The zero-order valence-corrected chi connectivity index (χ0v) is 11.4. The van der Waals surface area contributed by atoms with Gasteiger partial charge in [0.2, 0.25) is 0 Å². The van der Waals surface area contributed by atoms with Crippen molar-refractivity contribution in [2.45, 2.75) is 26.9 Å². The van der Waals surface area contributed by atoms with Gasteiger partial charge in [-0.2, -0.15) is 5.10 Å². The number of aromatic nitrogens is 3. The summed E-state index contributed by atoms with van der Waals surface area (Å²) < 4.78 is 5.46. The lowest BCUT2D eigenvalue weighted by molar-refractivity contribution is -0.384. The number of hydrogen-bond donors (Lipinski definition) is 1. The molecular weight excluding hydrogens is 260 g/mol. The number of nitro benzene ring substituents is 1. The van der Waals surface area contributed by atoms with Crippen molar-refractivity contribution in [1.82, 2.24) is 15.2 Å². The Labute approximate surface area is 116 Å². The number of nitro groups is 1. The summed E-state index contributed by atoms with van der Waals surface area (Å²) in [5, 5.41) is 17.5. The largest absolute Gasteiger partial charge is 0.485 e. The van der Waals surface area contributed by atoms with Gasteiger partial charge in [0.1, 0.15) is 12.4 Å². The third kappa shape index (κ3) is 3.78. The summed E-state index contributed by atoms with van der Waals surface area (Å²) in [6.07, 6.45) is 0.799. The first-order valence-electron chi connectivity index (χ1n) is 6.32. The number of non-ortho nitro benzene ring substituents is 1. The van der Waals surface area contributed by atoms with Crippen LogP contribution in [0, 0.1) is 16.0 Å². The minimum Gasteiger partial charge on any atom is -0.485 e. The maximum atomic E-state index is 10.7. The fourth-order valence-electron chi connectivity index (χ4n) is 1.69. The molecule has 1 heterocycles. The topological polar surface area (TPSA) is 93.9 Å². The van der Waals surface area contributed by atoms with Gasteiger partial charge in [0.05, 0.1) is 11.0 Å². The Bertz CT molecular complexity index is 595. The van der Waals surface area contributed by atoms with Crippen molar-refractivity contribution in [1.29, 1.82) is 0 Å². The van der Waals surface area contributed by atoms with Gasteiger partial charge < -0.3 is 4.74 Å². The first kappa shape index (κ1) is 14.0. The van der Waals surface area contributed by atoms with E-state index < -0.39 is 4.92 Å². The second kappa shape index (κ2) is 6.14. The number of hydrogen-bond acceptors (Lipinski definition) is 5. The molecule has 0 aliphatic carbocycles. The van der Waals surface area contributed by atoms with Gasteiger partial charge in [0, 0.05) is 12.5 Å². The number of nitrogens with one attached hydrogen (secondary N) is 1. The summed E-state index contributed by atoms with van der Waals surface area (Å²) in [7, 11) is 0. The molecule has 2 rings (SSSR count). The van der Waals surface area contributed by atoms with Crippen LogP contribution in [0.2, 0.25) is 0 Å². The number of ether oxygens (including phenoxy) is 1. The molecule has 0 amide bonds. The predicted octanol–water partition coefficient (Wildman–Crippen LogP) is 2.49. The fourth-order valence-corrected chi connectivity index (χ4v) is 1.69. The summed E-state index contributed by atoms with van der Waals surface area (Å²) in [5.74, 6) is 2.27. The van der Waals surface area contributed by atoms with E-state index in [0.29, 0.717) is 17.5 Å². The molecule has 1 aromatic carbocycles. The Balaban J connectivity index is 1.96. The molecule has 2 aromatic rings. The zero-order valence-electron chi connectivity index (χ0n) is 11.4. The average molecular weight is 276 g/mol. The minimum absolute atomic E-state index is 0.000525. The van der Waals surface area contributed by atoms with Crippen molar-refractivity contribution in [3.63, 3.8) is 0 Å². The molecular formula is C13H16N4O3. The highest BCUT2D eigenvalue weighted by atomic mass is 16.6. The van der Waals surface area contributed by atoms with Gasteiger partial charge in [0.15, 0.2) is 11.6 Å². The van der Waals surface area contributed by atoms with Crippen molar-refractivity contribution in [3.05, 3.63) is 46.0 Å². The van der Waals surface area contributed by atoms with E-state index in [4.69, 9.17) is 4.74 Å². The molecule has 7 nitrogen and oxygen atoms in total. The van der Waals surface area contributed by atoms with Crippen molar-refractivity contribution < 1.29 is 9.66 Å². The average Bonchev–Trinajstić information content (AvgIpc) is 2.83. The smallest absolute Gasteiger partial charge is 0.273 e. The normalized spacial score (nSPS) is 10.8. The third-order valence-corrected chi connectivity index (χ3v) is 2.57. The van der Waals surface area contributed by atoms with Gasteiger partial charge in [-0.3, -0.25) is 15.2 Å². The lowest BCUT2D eigenvalue weighted by Crippen LogP contribution is -1.99. The van der Waals surface area contributed by atoms with E-state index in [1.54, 1.807) is 12.1 Å². The van der Waals surface area contributed by atoms with E-state index >= 15 is 0 Å². The number of rotatable bonds is 6. The number of nitrogens with zero attached hydrogens (tertiary/aromatic N) is 3. The van der Waals surface area contributed by atoms with Gasteiger partial charge in [-0.1, -0.05) is 19.9 Å². The molecule has 0 atom stereocenters. The molecule has 0 spiro atoms. The Kier molecular flexibility index (Phi) is 4.29. The summed E-state index contributed by atoms with van der Waals surface area (Å²) >= 11 is 0. The maximum absolute atomic E-state index is 10.7. The van der Waals surface area contributed by atoms with Gasteiger partial charge in [-0.25, -0.2) is 4.98 Å². The minimum atomic E-state index is -0.456. The Morgan fingerprint density at radius 1 is 1.45 bits per heavy atom. The van der Waals surface area contributed by atoms with Crippen molar-refractivity contribution in [2.75, 3.05) is 0 Å². The molecule has 7 heteroatoms. The molecule has 0 saturated heterocycles. The van der Waals surface area contributed by atoms with E-state index in [9.17, 15) is 10.1 Å². The predicted molar refractivity (Wildman–Crippen MR) is 72.4 cm³/mol. The van der Waals surface area contributed by atoms with E-state index in [1.807, 2.05) is 0 Å². The molecule has 106 valence electrons. The molecule has 0 radical (unpaired) electrons. The quantitative estimate of drug-likeness (QED) is 0.646. The molecule has 0 aliphatic rings. The molecule has 0 bridgehead atoms. The molecule has 0 saturated carbocycles. The maximum Gasteiger partial charge on any atom is 0.273 e. The lowest BCUT2D eigenvalue weighted by Gasteiger charge is -2.03. The van der Waals surface area contributed by atoms with Crippen LogP contribution in [0.15, 0.2) is 24.3 Å². The monoisotopic (exact) mass is 276 g/mol. The van der Waals surface area contributed by atoms with Crippen molar-refractivity contribution in [2.24, 2.45) is 5.92 Å². The molecule has 1 aromatic heterocycles. The van der Waals surface area contributed by atoms with Crippen molar-refractivity contribution in [3.8, 4) is 5.75 Å². The second-order valence-electron chi connectivity index (χ2n) is 4.84. The highest BCUT2D eigenvalue weighted by Crippen LogP contribution is 2.19. The van der Waals surface area contributed by atoms with E-state index in [2.05, 4.69) is 29.0 Å². The fraction of sp³-hybridized carbons (Fsp3) is 0.385. The first-order chi connectivity index (χ1) is 9.54. The van der Waals surface area contributed by atoms with Crippen LogP contribution < -0.4 is 4.74 Å². The molecule has 1 N–H and O–H groups in total. The Morgan fingerprint density at radius 2 is 2.25 bits per heavy atom.